The number of nitrogens with one attached hydrogen (secondary N) is 1. The Balaban J connectivity index is 2.06. The van der Waals surface area contributed by atoms with Gasteiger partial charge in [-0.05, 0) is 43.7 Å². The third kappa shape index (κ3) is 2.69. The fraction of sp³-hybridized carbons (Fsp3) is 0.125. The number of H-pyrrole nitrogens is 1. The lowest BCUT2D eigenvalue weighted by Gasteiger charge is -2.00. The minimum Gasteiger partial charge on any atom is -0.493 e. The molecule has 2 N–H and O–H groups in total. The van der Waals surface area contributed by atoms with Gasteiger partial charge in [-0.25, -0.2) is 0 Å². The van der Waals surface area contributed by atoms with Crippen molar-refractivity contribution in [2.24, 2.45) is 10.2 Å². The molecule has 2 aromatic carbocycles. The molecule has 0 saturated heterocycles. The van der Waals surface area contributed by atoms with Crippen molar-refractivity contribution in [2.45, 2.75) is 13.8 Å². The smallest absolute Gasteiger partial charge is 0.218 e. The molecule has 0 spiro atoms. The van der Waals surface area contributed by atoms with Crippen LogP contribution in [-0.2, 0) is 0 Å². The fourth-order valence-electron chi connectivity index (χ4n) is 2.26. The highest BCUT2D eigenvalue weighted by Gasteiger charge is 2.10. The lowest BCUT2D eigenvalue weighted by Crippen LogP contribution is -1.76. The normalized spacial score (nSPS) is 11.6. The molecule has 1 heterocycles. The first-order chi connectivity index (χ1) is 10.0. The maximum Gasteiger partial charge on any atom is 0.218 e. The molecule has 0 atom stereocenters. The van der Waals surface area contributed by atoms with Crippen molar-refractivity contribution in [3.63, 3.8) is 0 Å². The number of azo groups is 1. The van der Waals surface area contributed by atoms with Crippen LogP contribution in [0.4, 0.5) is 11.4 Å². The number of hydrogen-bond acceptors (Lipinski definition) is 3. The predicted molar refractivity (Wildman–Crippen MR) is 87.8 cm³/mol. The van der Waals surface area contributed by atoms with Crippen molar-refractivity contribution in [2.75, 3.05) is 0 Å². The van der Waals surface area contributed by atoms with Crippen LogP contribution in [0.1, 0.15) is 11.1 Å². The number of hydrogen-bond donors (Lipinski definition) is 2. The highest BCUT2D eigenvalue weighted by atomic mass is 79.9. The molecule has 21 heavy (non-hydrogen) atoms. The Kier molecular flexibility index (Phi) is 3.51. The molecule has 3 rings (SSSR count). The van der Waals surface area contributed by atoms with Crippen molar-refractivity contribution in [1.82, 2.24) is 4.98 Å². The van der Waals surface area contributed by atoms with Gasteiger partial charge in [0.05, 0.1) is 11.2 Å². The Bertz CT molecular complexity index is 852. The second-order valence-corrected chi connectivity index (χ2v) is 5.92. The van der Waals surface area contributed by atoms with Gasteiger partial charge >= 0.3 is 0 Å². The molecular weight excluding hydrogens is 330 g/mol. The largest absolute Gasteiger partial charge is 0.493 e. The van der Waals surface area contributed by atoms with E-state index in [2.05, 4.69) is 37.2 Å². The summed E-state index contributed by atoms with van der Waals surface area (Å²) in [6.07, 6.45) is 0. The summed E-state index contributed by atoms with van der Waals surface area (Å²) in [5.41, 5.74) is 4.31. The second kappa shape index (κ2) is 5.33. The van der Waals surface area contributed by atoms with Crippen LogP contribution in [0, 0.1) is 13.8 Å². The van der Waals surface area contributed by atoms with Gasteiger partial charge in [-0.15, -0.1) is 5.11 Å². The molecule has 0 bridgehead atoms. The van der Waals surface area contributed by atoms with E-state index in [9.17, 15) is 5.11 Å². The Morgan fingerprint density at radius 1 is 1.05 bits per heavy atom. The predicted octanol–water partition coefficient (Wildman–Crippen LogP) is 5.67. The van der Waals surface area contributed by atoms with E-state index in [-0.39, 0.29) is 5.88 Å². The number of benzene rings is 2. The number of aromatic amines is 1. The van der Waals surface area contributed by atoms with Crippen molar-refractivity contribution in [1.29, 1.82) is 0 Å². The van der Waals surface area contributed by atoms with Crippen LogP contribution in [-0.4, -0.2) is 10.1 Å². The van der Waals surface area contributed by atoms with E-state index in [4.69, 9.17) is 0 Å². The molecule has 0 saturated carbocycles. The van der Waals surface area contributed by atoms with Crippen molar-refractivity contribution in [3.8, 4) is 5.88 Å². The molecule has 0 aliphatic carbocycles. The van der Waals surface area contributed by atoms with Crippen molar-refractivity contribution < 1.29 is 5.11 Å². The van der Waals surface area contributed by atoms with Gasteiger partial charge in [-0.1, -0.05) is 33.6 Å². The average molecular weight is 344 g/mol. The fourth-order valence-corrected chi connectivity index (χ4v) is 2.62. The van der Waals surface area contributed by atoms with E-state index in [1.54, 1.807) is 0 Å². The number of halogens is 1. The van der Waals surface area contributed by atoms with E-state index in [0.717, 1.165) is 26.6 Å². The van der Waals surface area contributed by atoms with Crippen LogP contribution in [0.25, 0.3) is 10.9 Å². The number of aryl methyl sites for hydroxylation is 2. The summed E-state index contributed by atoms with van der Waals surface area (Å²) in [5.74, 6) is 0.0246. The minimum atomic E-state index is 0.0246. The van der Waals surface area contributed by atoms with Crippen LogP contribution < -0.4 is 0 Å². The van der Waals surface area contributed by atoms with Gasteiger partial charge in [-0.3, -0.25) is 0 Å². The summed E-state index contributed by atoms with van der Waals surface area (Å²) < 4.78 is 0.928. The van der Waals surface area contributed by atoms with Crippen molar-refractivity contribution >= 4 is 38.2 Å². The Labute approximate surface area is 130 Å². The molecule has 0 aliphatic rings. The summed E-state index contributed by atoms with van der Waals surface area (Å²) in [4.78, 5) is 2.90. The highest BCUT2D eigenvalue weighted by Crippen LogP contribution is 2.37. The van der Waals surface area contributed by atoms with Gasteiger partial charge < -0.3 is 10.1 Å². The van der Waals surface area contributed by atoms with E-state index < -0.39 is 0 Å². The van der Waals surface area contributed by atoms with Crippen molar-refractivity contribution in [3.05, 3.63) is 52.0 Å². The quantitative estimate of drug-likeness (QED) is 0.578. The molecule has 0 unspecified atom stereocenters. The first kappa shape index (κ1) is 13.8. The molecule has 4 nitrogen and oxygen atoms in total. The lowest BCUT2D eigenvalue weighted by atomic mass is 10.1. The van der Waals surface area contributed by atoms with Gasteiger partial charge in [0.1, 0.15) is 0 Å². The third-order valence-electron chi connectivity index (χ3n) is 3.32. The first-order valence-electron chi connectivity index (χ1n) is 6.54. The Morgan fingerprint density at radius 3 is 2.62 bits per heavy atom. The molecule has 106 valence electrons. The van der Waals surface area contributed by atoms with Crippen LogP contribution in [0.2, 0.25) is 0 Å². The van der Waals surface area contributed by atoms with Gasteiger partial charge in [-0.2, -0.15) is 5.11 Å². The minimum absolute atomic E-state index is 0.0246. The van der Waals surface area contributed by atoms with Crippen LogP contribution in [0.15, 0.2) is 51.1 Å². The number of fused-ring (bicyclic) bond motifs is 1. The Morgan fingerprint density at radius 2 is 1.86 bits per heavy atom. The molecule has 0 radical (unpaired) electrons. The molecule has 5 heteroatoms. The molecule has 0 aliphatic heterocycles. The molecule has 3 aromatic rings. The SMILES string of the molecule is Cc1ccc(N=Nc2c(O)[nH]c3ccc(Br)cc23)c(C)c1. The second-order valence-electron chi connectivity index (χ2n) is 5.00. The zero-order valence-corrected chi connectivity index (χ0v) is 13.3. The zero-order valence-electron chi connectivity index (χ0n) is 11.7. The summed E-state index contributed by atoms with van der Waals surface area (Å²) in [6, 6.07) is 11.7. The summed E-state index contributed by atoms with van der Waals surface area (Å²) >= 11 is 3.42. The van der Waals surface area contributed by atoms with E-state index in [1.807, 2.05) is 44.2 Å². The van der Waals surface area contributed by atoms with Crippen LogP contribution in [0.5, 0.6) is 5.88 Å². The maximum absolute atomic E-state index is 9.99. The van der Waals surface area contributed by atoms with Gasteiger partial charge in [0.2, 0.25) is 5.88 Å². The number of rotatable bonds is 2. The average Bonchev–Trinajstić information content (AvgIpc) is 2.73. The molecule has 1 aromatic heterocycles. The standard InChI is InChI=1S/C16H14BrN3O/c1-9-3-5-13(10(2)7-9)19-20-15-12-8-11(17)4-6-14(12)18-16(15)21/h3-8,18,21H,1-2H3. The summed E-state index contributed by atoms with van der Waals surface area (Å²) in [6.45, 7) is 4.03. The topological polar surface area (TPSA) is 60.7 Å². The van der Waals surface area contributed by atoms with Gasteiger partial charge in [0.15, 0.2) is 5.69 Å². The van der Waals surface area contributed by atoms with E-state index >= 15 is 0 Å². The van der Waals surface area contributed by atoms with E-state index in [0.29, 0.717) is 5.69 Å². The number of nitrogens with zero attached hydrogens (tertiary/aromatic N) is 2. The van der Waals surface area contributed by atoms with E-state index in [1.165, 1.54) is 5.56 Å². The van der Waals surface area contributed by atoms with Gasteiger partial charge in [0, 0.05) is 9.86 Å². The summed E-state index contributed by atoms with van der Waals surface area (Å²) in [5, 5.41) is 19.3. The molecule has 0 amide bonds. The summed E-state index contributed by atoms with van der Waals surface area (Å²) in [7, 11) is 0. The third-order valence-corrected chi connectivity index (χ3v) is 3.82. The zero-order chi connectivity index (χ0) is 15.0. The highest BCUT2D eigenvalue weighted by molar-refractivity contribution is 9.10. The van der Waals surface area contributed by atoms with Crippen LogP contribution in [0.3, 0.4) is 0 Å². The lowest BCUT2D eigenvalue weighted by molar-refractivity contribution is 0.459. The maximum atomic E-state index is 9.99. The first-order valence-corrected chi connectivity index (χ1v) is 7.33. The molecule has 0 fully saturated rings. The number of aromatic hydroxyl groups is 1. The van der Waals surface area contributed by atoms with Gasteiger partial charge in [0.25, 0.3) is 0 Å². The monoisotopic (exact) mass is 343 g/mol. The van der Waals surface area contributed by atoms with Crippen LogP contribution >= 0.6 is 15.9 Å². The number of aromatic nitrogens is 1. The molecular formula is C16H14BrN3O. The Hall–Kier alpha value is -2.14.